The van der Waals surface area contributed by atoms with Gasteiger partial charge in [-0.25, -0.2) is 4.98 Å². The van der Waals surface area contributed by atoms with Crippen molar-refractivity contribution in [2.24, 2.45) is 5.92 Å². The van der Waals surface area contributed by atoms with Crippen molar-refractivity contribution in [1.29, 1.82) is 0 Å². The van der Waals surface area contributed by atoms with Gasteiger partial charge in [-0.05, 0) is 50.3 Å². The van der Waals surface area contributed by atoms with Gasteiger partial charge in [0, 0.05) is 18.8 Å². The predicted molar refractivity (Wildman–Crippen MR) is 75.2 cm³/mol. The number of aromatic amines is 1. The molecule has 0 saturated carbocycles. The van der Waals surface area contributed by atoms with Crippen LogP contribution < -0.4 is 0 Å². The smallest absolute Gasteiger partial charge is 0.179 e. The lowest BCUT2D eigenvalue weighted by Gasteiger charge is -2.35. The van der Waals surface area contributed by atoms with Crippen LogP contribution in [0.4, 0.5) is 0 Å². The molecular formula is C13H18N4S. The fourth-order valence-corrected chi connectivity index (χ4v) is 3.32. The fourth-order valence-electron chi connectivity index (χ4n) is 2.99. The summed E-state index contributed by atoms with van der Waals surface area (Å²) >= 11 is 5.47. The number of likely N-dealkylation sites (tertiary alicyclic amines) is 1. The van der Waals surface area contributed by atoms with Crippen LogP contribution in [-0.2, 0) is 0 Å². The summed E-state index contributed by atoms with van der Waals surface area (Å²) in [4.78, 5) is 10.1. The third kappa shape index (κ3) is 1.87. The van der Waals surface area contributed by atoms with Gasteiger partial charge in [-0.3, -0.25) is 4.57 Å². The Hall–Kier alpha value is -1.20. The maximum absolute atomic E-state index is 5.47. The molecule has 1 saturated heterocycles. The van der Waals surface area contributed by atoms with Crippen LogP contribution in [0, 0.1) is 10.7 Å². The molecule has 3 heterocycles. The molecule has 2 aromatic heterocycles. The number of rotatable bonds is 1. The zero-order valence-electron chi connectivity index (χ0n) is 10.8. The van der Waals surface area contributed by atoms with Crippen LogP contribution in [0.1, 0.15) is 19.4 Å². The first kappa shape index (κ1) is 11.9. The quantitative estimate of drug-likeness (QED) is 0.803. The fraction of sp³-hybridized carbons (Fsp3) is 0.538. The molecule has 5 heteroatoms. The normalized spacial score (nSPS) is 25.7. The third-order valence-electron chi connectivity index (χ3n) is 3.87. The van der Waals surface area contributed by atoms with E-state index in [0.29, 0.717) is 12.0 Å². The van der Waals surface area contributed by atoms with E-state index in [1.807, 2.05) is 18.3 Å². The largest absolute Gasteiger partial charge is 0.329 e. The lowest BCUT2D eigenvalue weighted by Crippen LogP contribution is -2.37. The molecule has 0 spiro atoms. The van der Waals surface area contributed by atoms with Crippen LogP contribution in [0.15, 0.2) is 18.3 Å². The van der Waals surface area contributed by atoms with Gasteiger partial charge in [-0.2, -0.15) is 0 Å². The van der Waals surface area contributed by atoms with Gasteiger partial charge in [-0.1, -0.05) is 6.92 Å². The summed E-state index contributed by atoms with van der Waals surface area (Å²) in [7, 11) is 2.18. The molecule has 4 nitrogen and oxygen atoms in total. The highest BCUT2D eigenvalue weighted by Gasteiger charge is 2.27. The Kier molecular flexibility index (Phi) is 2.95. The summed E-state index contributed by atoms with van der Waals surface area (Å²) in [5, 5.41) is 0. The number of fused-ring (bicyclic) bond motifs is 1. The number of aromatic nitrogens is 3. The van der Waals surface area contributed by atoms with Gasteiger partial charge in [-0.15, -0.1) is 0 Å². The molecule has 2 atom stereocenters. The minimum atomic E-state index is 0.456. The summed E-state index contributed by atoms with van der Waals surface area (Å²) < 4.78 is 3.01. The van der Waals surface area contributed by atoms with Gasteiger partial charge < -0.3 is 9.88 Å². The second-order valence-electron chi connectivity index (χ2n) is 5.27. The molecule has 96 valence electrons. The number of piperidine rings is 1. The number of H-pyrrole nitrogens is 1. The Bertz CT molecular complexity index is 615. The summed E-state index contributed by atoms with van der Waals surface area (Å²) in [6.45, 7) is 4.53. The standard InChI is InChI=1S/C13H18N4S/c1-9-8-16(2)7-5-11(9)17-12-10(15-13(17)18)4-3-6-14-12/h3-4,6,9,11H,5,7-8H2,1-2H3,(H,15,18). The van der Waals surface area contributed by atoms with E-state index >= 15 is 0 Å². The summed E-state index contributed by atoms with van der Waals surface area (Å²) in [5.74, 6) is 0.594. The Morgan fingerprint density at radius 1 is 1.50 bits per heavy atom. The molecule has 1 N–H and O–H groups in total. The van der Waals surface area contributed by atoms with E-state index in [1.54, 1.807) is 0 Å². The van der Waals surface area contributed by atoms with E-state index in [1.165, 1.54) is 0 Å². The average molecular weight is 262 g/mol. The predicted octanol–water partition coefficient (Wildman–Crippen LogP) is 2.61. The molecule has 2 aromatic rings. The molecule has 18 heavy (non-hydrogen) atoms. The van der Waals surface area contributed by atoms with Crippen LogP contribution in [0.5, 0.6) is 0 Å². The Balaban J connectivity index is 2.09. The lowest BCUT2D eigenvalue weighted by atomic mass is 9.94. The van der Waals surface area contributed by atoms with Crippen molar-refractivity contribution in [1.82, 2.24) is 19.4 Å². The first-order chi connectivity index (χ1) is 8.66. The van der Waals surface area contributed by atoms with Crippen LogP contribution in [0.3, 0.4) is 0 Å². The minimum Gasteiger partial charge on any atom is -0.329 e. The first-order valence-electron chi connectivity index (χ1n) is 6.40. The molecule has 0 bridgehead atoms. The number of pyridine rings is 1. The topological polar surface area (TPSA) is 36.9 Å². The van der Waals surface area contributed by atoms with Gasteiger partial charge in [0.2, 0.25) is 0 Å². The average Bonchev–Trinajstić information content (AvgIpc) is 2.66. The van der Waals surface area contributed by atoms with Gasteiger partial charge in [0.25, 0.3) is 0 Å². The van der Waals surface area contributed by atoms with E-state index < -0.39 is 0 Å². The monoisotopic (exact) mass is 262 g/mol. The number of imidazole rings is 1. The second-order valence-corrected chi connectivity index (χ2v) is 5.66. The molecule has 0 aromatic carbocycles. The van der Waals surface area contributed by atoms with Crippen molar-refractivity contribution in [2.45, 2.75) is 19.4 Å². The van der Waals surface area contributed by atoms with Crippen LogP contribution in [-0.4, -0.2) is 39.6 Å². The Morgan fingerprint density at radius 3 is 3.11 bits per heavy atom. The summed E-state index contributed by atoms with van der Waals surface area (Å²) in [6, 6.07) is 4.43. The third-order valence-corrected chi connectivity index (χ3v) is 4.17. The highest BCUT2D eigenvalue weighted by Crippen LogP contribution is 2.30. The van der Waals surface area contributed by atoms with Crippen molar-refractivity contribution in [3.05, 3.63) is 23.1 Å². The highest BCUT2D eigenvalue weighted by atomic mass is 32.1. The van der Waals surface area contributed by atoms with Gasteiger partial charge in [0.1, 0.15) is 0 Å². The van der Waals surface area contributed by atoms with Crippen LogP contribution in [0.25, 0.3) is 11.2 Å². The summed E-state index contributed by atoms with van der Waals surface area (Å²) in [5.41, 5.74) is 2.03. The van der Waals surface area contributed by atoms with Crippen LogP contribution >= 0.6 is 12.2 Å². The zero-order valence-corrected chi connectivity index (χ0v) is 11.6. The van der Waals surface area contributed by atoms with Crippen molar-refractivity contribution < 1.29 is 0 Å². The van der Waals surface area contributed by atoms with E-state index in [-0.39, 0.29) is 0 Å². The molecule has 0 amide bonds. The van der Waals surface area contributed by atoms with Crippen molar-refractivity contribution in [2.75, 3.05) is 20.1 Å². The van der Waals surface area contributed by atoms with E-state index in [0.717, 1.165) is 35.4 Å². The maximum Gasteiger partial charge on any atom is 0.179 e. The molecule has 1 fully saturated rings. The summed E-state index contributed by atoms with van der Waals surface area (Å²) in [6.07, 6.45) is 2.97. The van der Waals surface area contributed by atoms with E-state index in [9.17, 15) is 0 Å². The van der Waals surface area contributed by atoms with E-state index in [2.05, 4.69) is 33.4 Å². The van der Waals surface area contributed by atoms with Crippen molar-refractivity contribution >= 4 is 23.4 Å². The van der Waals surface area contributed by atoms with Gasteiger partial charge in [0.15, 0.2) is 10.4 Å². The number of nitrogens with zero attached hydrogens (tertiary/aromatic N) is 3. The van der Waals surface area contributed by atoms with Gasteiger partial charge in [0.05, 0.1) is 5.52 Å². The zero-order chi connectivity index (χ0) is 12.7. The van der Waals surface area contributed by atoms with Crippen molar-refractivity contribution in [3.8, 4) is 0 Å². The first-order valence-corrected chi connectivity index (χ1v) is 6.81. The number of hydrogen-bond donors (Lipinski definition) is 1. The molecule has 1 aliphatic heterocycles. The lowest BCUT2D eigenvalue weighted by molar-refractivity contribution is 0.160. The highest BCUT2D eigenvalue weighted by molar-refractivity contribution is 7.71. The molecule has 3 rings (SSSR count). The van der Waals surface area contributed by atoms with Gasteiger partial charge >= 0.3 is 0 Å². The number of hydrogen-bond acceptors (Lipinski definition) is 3. The molecular weight excluding hydrogens is 244 g/mol. The maximum atomic E-state index is 5.47. The number of nitrogens with one attached hydrogen (secondary N) is 1. The minimum absolute atomic E-state index is 0.456. The Labute approximate surface area is 112 Å². The van der Waals surface area contributed by atoms with Crippen LogP contribution in [0.2, 0.25) is 0 Å². The Morgan fingerprint density at radius 2 is 2.33 bits per heavy atom. The molecule has 0 radical (unpaired) electrons. The molecule has 1 aliphatic rings. The second kappa shape index (κ2) is 4.48. The molecule has 0 aliphatic carbocycles. The molecule has 2 unspecified atom stereocenters. The van der Waals surface area contributed by atoms with E-state index in [4.69, 9.17) is 12.2 Å². The SMILES string of the molecule is CC1CN(C)CCC1n1c(=S)[nH]c2cccnc21. The van der Waals surface area contributed by atoms with Crippen molar-refractivity contribution in [3.63, 3.8) is 0 Å².